The van der Waals surface area contributed by atoms with Crippen molar-refractivity contribution in [3.8, 4) is 17.1 Å². The van der Waals surface area contributed by atoms with Crippen LogP contribution in [0.5, 0.6) is 5.75 Å². The number of unbranched alkanes of at least 4 members (excludes halogenated alkanes) is 2. The third-order valence-electron chi connectivity index (χ3n) is 4.43. The number of methoxy groups -OCH3 is 1. The van der Waals surface area contributed by atoms with E-state index in [-0.39, 0.29) is 5.91 Å². The first kappa shape index (κ1) is 19.6. The lowest BCUT2D eigenvalue weighted by Gasteiger charge is -2.04. The Labute approximate surface area is 163 Å². The number of aromatic nitrogens is 3. The zero-order valence-corrected chi connectivity index (χ0v) is 16.3. The van der Waals surface area contributed by atoms with Gasteiger partial charge in [-0.15, -0.1) is 0 Å². The molecule has 0 unspecified atom stereocenters. The van der Waals surface area contributed by atoms with E-state index >= 15 is 0 Å². The molecule has 28 heavy (non-hydrogen) atoms. The first-order valence-corrected chi connectivity index (χ1v) is 9.26. The number of nitrogens with zero attached hydrogens (tertiary/aromatic N) is 3. The number of ether oxygens (including phenoxy) is 1. The van der Waals surface area contributed by atoms with Gasteiger partial charge in [0, 0.05) is 18.5 Å². The van der Waals surface area contributed by atoms with Crippen LogP contribution in [0.1, 0.15) is 47.0 Å². The van der Waals surface area contributed by atoms with Crippen molar-refractivity contribution in [3.63, 3.8) is 0 Å². The average molecular weight is 384 g/mol. The van der Waals surface area contributed by atoms with Crippen molar-refractivity contribution in [2.45, 2.75) is 39.5 Å². The van der Waals surface area contributed by atoms with Gasteiger partial charge in [-0.1, -0.05) is 16.7 Å². The minimum Gasteiger partial charge on any atom is -0.497 e. The molecule has 3 rings (SSSR count). The molecule has 0 saturated carbocycles. The van der Waals surface area contributed by atoms with Gasteiger partial charge in [-0.05, 0) is 51.0 Å². The molecule has 8 heteroatoms. The largest absolute Gasteiger partial charge is 0.497 e. The normalized spacial score (nSPS) is 10.8. The topological polar surface area (TPSA) is 103 Å². The number of nitrogens with one attached hydrogen (secondary N) is 1. The third kappa shape index (κ3) is 4.76. The molecular weight excluding hydrogens is 360 g/mol. The van der Waals surface area contributed by atoms with Crippen LogP contribution in [-0.2, 0) is 6.42 Å². The van der Waals surface area contributed by atoms with Crippen molar-refractivity contribution >= 4 is 5.91 Å². The van der Waals surface area contributed by atoms with E-state index < -0.39 is 0 Å². The summed E-state index contributed by atoms with van der Waals surface area (Å²) in [5.74, 6) is 2.38. The fraction of sp³-hybridized carbons (Fsp3) is 0.400. The molecule has 0 saturated heterocycles. The Kier molecular flexibility index (Phi) is 6.41. The van der Waals surface area contributed by atoms with E-state index in [2.05, 4.69) is 20.6 Å². The molecule has 148 valence electrons. The highest BCUT2D eigenvalue weighted by Crippen LogP contribution is 2.20. The first-order chi connectivity index (χ1) is 13.6. The van der Waals surface area contributed by atoms with Crippen molar-refractivity contribution < 1.29 is 18.6 Å². The lowest BCUT2D eigenvalue weighted by atomic mass is 10.1. The summed E-state index contributed by atoms with van der Waals surface area (Å²) in [4.78, 5) is 16.6. The second kappa shape index (κ2) is 9.16. The van der Waals surface area contributed by atoms with Crippen LogP contribution in [0.4, 0.5) is 0 Å². The predicted octanol–water partition coefficient (Wildman–Crippen LogP) is 3.49. The molecule has 1 aromatic carbocycles. The summed E-state index contributed by atoms with van der Waals surface area (Å²) < 4.78 is 15.5. The Morgan fingerprint density at radius 2 is 1.86 bits per heavy atom. The van der Waals surface area contributed by atoms with Crippen molar-refractivity contribution in [2.24, 2.45) is 0 Å². The molecule has 3 aromatic rings. The van der Waals surface area contributed by atoms with Gasteiger partial charge in [0.1, 0.15) is 17.1 Å². The van der Waals surface area contributed by atoms with Crippen LogP contribution in [0.3, 0.4) is 0 Å². The monoisotopic (exact) mass is 384 g/mol. The zero-order chi connectivity index (χ0) is 19.9. The zero-order valence-electron chi connectivity index (χ0n) is 16.3. The van der Waals surface area contributed by atoms with Gasteiger partial charge < -0.3 is 19.1 Å². The van der Waals surface area contributed by atoms with Gasteiger partial charge >= 0.3 is 0 Å². The molecule has 0 radical (unpaired) electrons. The number of carbonyl (C=O) groups excluding carboxylic acids is 1. The minimum absolute atomic E-state index is 0.141. The van der Waals surface area contributed by atoms with E-state index in [9.17, 15) is 4.79 Å². The molecule has 1 N–H and O–H groups in total. The molecular formula is C20H24N4O4. The summed E-state index contributed by atoms with van der Waals surface area (Å²) in [6, 6.07) is 7.52. The number of hydrogen-bond acceptors (Lipinski definition) is 7. The van der Waals surface area contributed by atoms with Crippen LogP contribution >= 0.6 is 0 Å². The number of benzene rings is 1. The Bertz CT molecular complexity index is 895. The summed E-state index contributed by atoms with van der Waals surface area (Å²) in [6.45, 7) is 4.10. The molecule has 1 amide bonds. The number of hydrogen-bond donors (Lipinski definition) is 1. The summed E-state index contributed by atoms with van der Waals surface area (Å²) in [5.41, 5.74) is 2.02. The average Bonchev–Trinajstić information content (AvgIpc) is 3.31. The third-order valence-corrected chi connectivity index (χ3v) is 4.43. The Balaban J connectivity index is 1.38. The fourth-order valence-corrected chi connectivity index (χ4v) is 2.89. The molecule has 0 spiro atoms. The van der Waals surface area contributed by atoms with Gasteiger partial charge in [0.2, 0.25) is 11.7 Å². The van der Waals surface area contributed by atoms with Crippen LogP contribution in [-0.4, -0.2) is 34.9 Å². The Morgan fingerprint density at radius 1 is 1.07 bits per heavy atom. The molecule has 0 fully saturated rings. The highest BCUT2D eigenvalue weighted by Gasteiger charge is 2.16. The summed E-state index contributed by atoms with van der Waals surface area (Å²) >= 11 is 0. The molecule has 0 atom stereocenters. The maximum Gasteiger partial charge on any atom is 0.256 e. The highest BCUT2D eigenvalue weighted by molar-refractivity contribution is 5.96. The van der Waals surface area contributed by atoms with E-state index in [1.54, 1.807) is 21.0 Å². The summed E-state index contributed by atoms with van der Waals surface area (Å²) in [5, 5.41) is 10.7. The quantitative estimate of drug-likeness (QED) is 0.563. The smallest absolute Gasteiger partial charge is 0.256 e. The van der Waals surface area contributed by atoms with E-state index in [1.165, 1.54) is 0 Å². The maximum absolute atomic E-state index is 12.1. The fourth-order valence-electron chi connectivity index (χ4n) is 2.89. The van der Waals surface area contributed by atoms with Crippen molar-refractivity contribution in [2.75, 3.05) is 13.7 Å². The molecule has 2 heterocycles. The van der Waals surface area contributed by atoms with Crippen LogP contribution < -0.4 is 10.1 Å². The molecule has 8 nitrogen and oxygen atoms in total. The number of amides is 1. The van der Waals surface area contributed by atoms with E-state index in [1.807, 2.05) is 24.3 Å². The van der Waals surface area contributed by atoms with Gasteiger partial charge in [0.25, 0.3) is 5.91 Å². The van der Waals surface area contributed by atoms with E-state index in [0.717, 1.165) is 30.6 Å². The van der Waals surface area contributed by atoms with Crippen molar-refractivity contribution in [1.82, 2.24) is 20.6 Å². The second-order valence-electron chi connectivity index (χ2n) is 6.51. The van der Waals surface area contributed by atoms with Crippen LogP contribution in [0, 0.1) is 13.8 Å². The minimum atomic E-state index is -0.141. The van der Waals surface area contributed by atoms with Gasteiger partial charge in [0.05, 0.1) is 12.8 Å². The molecule has 0 aliphatic heterocycles. The van der Waals surface area contributed by atoms with Crippen LogP contribution in [0.2, 0.25) is 0 Å². The van der Waals surface area contributed by atoms with Gasteiger partial charge in [0.15, 0.2) is 0 Å². The predicted molar refractivity (Wildman–Crippen MR) is 102 cm³/mol. The highest BCUT2D eigenvalue weighted by atomic mass is 16.5. The first-order valence-electron chi connectivity index (χ1n) is 9.26. The van der Waals surface area contributed by atoms with Gasteiger partial charge in [-0.25, -0.2) is 0 Å². The Morgan fingerprint density at radius 3 is 2.54 bits per heavy atom. The van der Waals surface area contributed by atoms with Crippen molar-refractivity contribution in [3.05, 3.63) is 47.2 Å². The van der Waals surface area contributed by atoms with Crippen LogP contribution in [0.15, 0.2) is 33.3 Å². The summed E-state index contributed by atoms with van der Waals surface area (Å²) in [6.07, 6.45) is 3.43. The van der Waals surface area contributed by atoms with E-state index in [4.69, 9.17) is 13.8 Å². The standard InChI is InChI=1S/C20H24N4O4/c1-13-18(14(2)27-23-13)20(25)21-12-6-4-5-7-17-22-19(24-28-17)15-8-10-16(26-3)11-9-15/h8-11H,4-7,12H2,1-3H3,(H,21,25). The SMILES string of the molecule is COc1ccc(-c2noc(CCCCCNC(=O)c3c(C)noc3C)n2)cc1. The van der Waals surface area contributed by atoms with Gasteiger partial charge in [-0.2, -0.15) is 4.98 Å². The van der Waals surface area contributed by atoms with Crippen LogP contribution in [0.25, 0.3) is 11.4 Å². The second-order valence-corrected chi connectivity index (χ2v) is 6.51. The molecule has 2 aromatic heterocycles. The maximum atomic E-state index is 12.1. The number of rotatable bonds is 9. The van der Waals surface area contributed by atoms with E-state index in [0.29, 0.717) is 41.7 Å². The molecule has 0 aliphatic rings. The lowest BCUT2D eigenvalue weighted by molar-refractivity contribution is 0.0951. The molecule has 0 bridgehead atoms. The lowest BCUT2D eigenvalue weighted by Crippen LogP contribution is -2.25. The summed E-state index contributed by atoms with van der Waals surface area (Å²) in [7, 11) is 1.63. The molecule has 0 aliphatic carbocycles. The number of aryl methyl sites for hydroxylation is 3. The Hall–Kier alpha value is -3.16. The van der Waals surface area contributed by atoms with Gasteiger partial charge in [-0.3, -0.25) is 4.79 Å². The van der Waals surface area contributed by atoms with Crippen molar-refractivity contribution in [1.29, 1.82) is 0 Å². The number of carbonyl (C=O) groups is 1.